The Bertz CT molecular complexity index is 1370. The van der Waals surface area contributed by atoms with Crippen molar-refractivity contribution in [2.24, 2.45) is 0 Å². The smallest absolute Gasteiger partial charge is 0.270 e. The minimum Gasteiger partial charge on any atom is -0.351 e. The fourth-order valence-corrected chi connectivity index (χ4v) is 5.91. The minimum absolute atomic E-state index is 0.121. The van der Waals surface area contributed by atoms with E-state index < -0.39 is 0 Å². The Hall–Kier alpha value is -3.19. The first-order chi connectivity index (χ1) is 17.1. The van der Waals surface area contributed by atoms with Crippen LogP contribution < -0.4 is 0 Å². The highest BCUT2D eigenvalue weighted by Gasteiger charge is 2.29. The van der Waals surface area contributed by atoms with E-state index in [0.29, 0.717) is 18.3 Å². The van der Waals surface area contributed by atoms with Gasteiger partial charge in [0.2, 0.25) is 0 Å². The fourth-order valence-electron chi connectivity index (χ4n) is 5.91. The van der Waals surface area contributed by atoms with Crippen LogP contribution in [0.2, 0.25) is 0 Å². The molecule has 3 aromatic heterocycles. The highest BCUT2D eigenvalue weighted by molar-refractivity contribution is 5.98. The monoisotopic (exact) mass is 470 g/mol. The third kappa shape index (κ3) is 4.12. The molecule has 0 atom stereocenters. The predicted octanol–water partition coefficient (Wildman–Crippen LogP) is 4.53. The van der Waals surface area contributed by atoms with Crippen LogP contribution in [0.25, 0.3) is 22.1 Å². The first-order valence-electron chi connectivity index (χ1n) is 13.1. The lowest BCUT2D eigenvalue weighted by Crippen LogP contribution is -2.46. The number of rotatable bonds is 5. The van der Waals surface area contributed by atoms with Crippen molar-refractivity contribution in [1.82, 2.24) is 29.3 Å². The number of hydrogen-bond donors (Lipinski definition) is 1. The second-order valence-corrected chi connectivity index (χ2v) is 10.1. The second-order valence-electron chi connectivity index (χ2n) is 10.1. The zero-order chi connectivity index (χ0) is 23.9. The third-order valence-electron chi connectivity index (χ3n) is 7.90. The van der Waals surface area contributed by atoms with E-state index in [1.165, 1.54) is 31.5 Å². The van der Waals surface area contributed by atoms with Crippen molar-refractivity contribution in [1.29, 1.82) is 0 Å². The highest BCUT2D eigenvalue weighted by atomic mass is 16.2. The van der Waals surface area contributed by atoms with Gasteiger partial charge in [-0.15, -0.1) is 0 Å². The van der Waals surface area contributed by atoms with Crippen LogP contribution in [0, 0.1) is 6.92 Å². The van der Waals surface area contributed by atoms with Crippen molar-refractivity contribution in [2.45, 2.75) is 58.5 Å². The minimum atomic E-state index is 0.121. The molecule has 182 valence electrons. The van der Waals surface area contributed by atoms with Crippen LogP contribution in [-0.2, 0) is 13.0 Å². The summed E-state index contributed by atoms with van der Waals surface area (Å²) in [5.74, 6) is 1.17. The lowest BCUT2D eigenvalue weighted by atomic mass is 10.0. The van der Waals surface area contributed by atoms with Crippen LogP contribution in [0.4, 0.5) is 0 Å². The average Bonchev–Trinajstić information content (AvgIpc) is 3.63. The SMILES string of the molecule is CCc1nc2c(C)ccnc2n1Cc1ccc2[nH]c(C(=O)N3CCC(N4CCCC4)CC3)cc2c1. The number of carbonyl (C=O) groups excluding carboxylic acids is 1. The molecule has 0 bridgehead atoms. The second kappa shape index (κ2) is 9.11. The molecule has 7 heteroatoms. The van der Waals surface area contributed by atoms with Gasteiger partial charge < -0.3 is 19.4 Å². The summed E-state index contributed by atoms with van der Waals surface area (Å²) in [4.78, 5) is 30.7. The van der Waals surface area contributed by atoms with Crippen LogP contribution in [0.1, 0.15) is 60.0 Å². The Morgan fingerprint density at radius 1 is 1.09 bits per heavy atom. The maximum Gasteiger partial charge on any atom is 0.270 e. The van der Waals surface area contributed by atoms with Crippen molar-refractivity contribution >= 4 is 28.0 Å². The summed E-state index contributed by atoms with van der Waals surface area (Å²) < 4.78 is 2.22. The van der Waals surface area contributed by atoms with E-state index >= 15 is 0 Å². The molecule has 2 aliphatic rings. The number of aromatic nitrogens is 4. The maximum absolute atomic E-state index is 13.3. The number of carbonyl (C=O) groups is 1. The molecule has 35 heavy (non-hydrogen) atoms. The lowest BCUT2D eigenvalue weighted by Gasteiger charge is -2.36. The number of imidazole rings is 1. The zero-order valence-electron chi connectivity index (χ0n) is 20.8. The molecule has 0 saturated carbocycles. The van der Waals surface area contributed by atoms with E-state index in [1.807, 2.05) is 23.2 Å². The first kappa shape index (κ1) is 22.3. The number of aromatic amines is 1. The maximum atomic E-state index is 13.3. The zero-order valence-corrected chi connectivity index (χ0v) is 20.8. The number of benzene rings is 1. The molecule has 2 aliphatic heterocycles. The number of likely N-dealkylation sites (tertiary alicyclic amines) is 2. The van der Waals surface area contributed by atoms with Crippen LogP contribution in [0.3, 0.4) is 0 Å². The first-order valence-corrected chi connectivity index (χ1v) is 13.1. The van der Waals surface area contributed by atoms with Gasteiger partial charge in [-0.25, -0.2) is 9.97 Å². The number of fused-ring (bicyclic) bond motifs is 2. The fraction of sp³-hybridized carbons (Fsp3) is 0.464. The molecule has 5 heterocycles. The van der Waals surface area contributed by atoms with Crippen molar-refractivity contribution in [2.75, 3.05) is 26.2 Å². The van der Waals surface area contributed by atoms with E-state index in [0.717, 1.165) is 65.8 Å². The molecular weight excluding hydrogens is 436 g/mol. The van der Waals surface area contributed by atoms with Gasteiger partial charge >= 0.3 is 0 Å². The number of nitrogens with zero attached hydrogens (tertiary/aromatic N) is 5. The van der Waals surface area contributed by atoms with Gasteiger partial charge in [0.25, 0.3) is 5.91 Å². The molecule has 0 radical (unpaired) electrons. The van der Waals surface area contributed by atoms with Gasteiger partial charge in [0.05, 0.1) is 6.54 Å². The largest absolute Gasteiger partial charge is 0.351 e. The number of pyridine rings is 1. The molecule has 6 rings (SSSR count). The Labute approximate surface area is 206 Å². The van der Waals surface area contributed by atoms with E-state index in [1.54, 1.807) is 0 Å². The number of piperidine rings is 1. The van der Waals surface area contributed by atoms with Crippen molar-refractivity contribution < 1.29 is 4.79 Å². The van der Waals surface area contributed by atoms with Gasteiger partial charge in [0.1, 0.15) is 17.0 Å². The third-order valence-corrected chi connectivity index (χ3v) is 7.90. The Morgan fingerprint density at radius 3 is 2.66 bits per heavy atom. The quantitative estimate of drug-likeness (QED) is 0.465. The molecule has 2 saturated heterocycles. The van der Waals surface area contributed by atoms with E-state index in [-0.39, 0.29) is 5.91 Å². The standard InChI is InChI=1S/C28H34N6O/c1-3-25-31-26-19(2)8-11-29-27(26)34(25)18-20-6-7-23-21(16-20)17-24(30-23)28(35)33-14-9-22(10-15-33)32-12-4-5-13-32/h6-8,11,16-17,22,30H,3-5,9-10,12-15,18H2,1-2H3. The normalized spacial score (nSPS) is 17.7. The number of hydrogen-bond acceptors (Lipinski definition) is 4. The van der Waals surface area contributed by atoms with Gasteiger partial charge in [-0.2, -0.15) is 0 Å². The van der Waals surface area contributed by atoms with Gasteiger partial charge in [-0.05, 0) is 81.1 Å². The Balaban J connectivity index is 1.20. The van der Waals surface area contributed by atoms with Crippen LogP contribution in [0.15, 0.2) is 36.5 Å². The molecule has 4 aromatic rings. The number of H-pyrrole nitrogens is 1. The summed E-state index contributed by atoms with van der Waals surface area (Å²) in [6.07, 6.45) is 7.53. The Kier molecular flexibility index (Phi) is 5.80. The molecule has 1 aromatic carbocycles. The molecule has 0 aliphatic carbocycles. The van der Waals surface area contributed by atoms with Crippen molar-refractivity contribution in [3.05, 3.63) is 59.2 Å². The van der Waals surface area contributed by atoms with Crippen LogP contribution >= 0.6 is 0 Å². The van der Waals surface area contributed by atoms with E-state index in [4.69, 9.17) is 4.98 Å². The summed E-state index contributed by atoms with van der Waals surface area (Å²) in [5.41, 5.74) is 5.94. The molecule has 1 N–H and O–H groups in total. The summed E-state index contributed by atoms with van der Waals surface area (Å²) in [6, 6.07) is 11.1. The molecule has 1 amide bonds. The highest BCUT2D eigenvalue weighted by Crippen LogP contribution is 2.25. The van der Waals surface area contributed by atoms with Crippen molar-refractivity contribution in [3.63, 3.8) is 0 Å². The van der Waals surface area contributed by atoms with Crippen molar-refractivity contribution in [3.8, 4) is 0 Å². The summed E-state index contributed by atoms with van der Waals surface area (Å²) in [5, 5.41) is 1.07. The average molecular weight is 471 g/mol. The van der Waals surface area contributed by atoms with Gasteiger partial charge in [-0.3, -0.25) is 4.79 Å². The number of amides is 1. The molecule has 7 nitrogen and oxygen atoms in total. The number of nitrogens with one attached hydrogen (secondary N) is 1. The Morgan fingerprint density at radius 2 is 1.89 bits per heavy atom. The lowest BCUT2D eigenvalue weighted by molar-refractivity contribution is 0.0639. The molecule has 2 fully saturated rings. The van der Waals surface area contributed by atoms with Gasteiger partial charge in [0, 0.05) is 42.7 Å². The van der Waals surface area contributed by atoms with E-state index in [9.17, 15) is 4.79 Å². The summed E-state index contributed by atoms with van der Waals surface area (Å²) in [6.45, 7) is 9.08. The van der Waals surface area contributed by atoms with Gasteiger partial charge in [-0.1, -0.05) is 13.0 Å². The summed E-state index contributed by atoms with van der Waals surface area (Å²) >= 11 is 0. The molecular formula is C28H34N6O. The summed E-state index contributed by atoms with van der Waals surface area (Å²) in [7, 11) is 0. The van der Waals surface area contributed by atoms with E-state index in [2.05, 4.69) is 51.5 Å². The van der Waals surface area contributed by atoms with Crippen LogP contribution in [0.5, 0.6) is 0 Å². The van der Waals surface area contributed by atoms with Crippen LogP contribution in [-0.4, -0.2) is 67.4 Å². The predicted molar refractivity (Wildman–Crippen MR) is 139 cm³/mol. The molecule has 0 spiro atoms. The number of aryl methyl sites for hydroxylation is 2. The molecule has 0 unspecified atom stereocenters. The topological polar surface area (TPSA) is 70.0 Å². The van der Waals surface area contributed by atoms with Gasteiger partial charge in [0.15, 0.2) is 5.65 Å².